The summed E-state index contributed by atoms with van der Waals surface area (Å²) < 4.78 is 0. The van der Waals surface area contributed by atoms with Gasteiger partial charge in [-0.25, -0.2) is 10.4 Å². The number of hydrogen-bond donors (Lipinski definition) is 4. The zero-order valence-corrected chi connectivity index (χ0v) is 13.7. The average molecular weight is 320 g/mol. The molecule has 0 aliphatic carbocycles. The van der Waals surface area contributed by atoms with E-state index in [1.165, 1.54) is 38.5 Å². The molecule has 0 amide bonds. The van der Waals surface area contributed by atoms with Crippen LogP contribution in [0.4, 0.5) is 11.5 Å². The lowest BCUT2D eigenvalue weighted by Gasteiger charge is -2.27. The number of rotatable bonds is 10. The van der Waals surface area contributed by atoms with Gasteiger partial charge in [0, 0.05) is 12.7 Å². The summed E-state index contributed by atoms with van der Waals surface area (Å²) in [5, 5.41) is 13.9. The summed E-state index contributed by atoms with van der Waals surface area (Å²) in [6, 6.07) is 3.54. The molecule has 2 heterocycles. The Balaban J connectivity index is 1.58. The lowest BCUT2D eigenvalue weighted by atomic mass is 10.1. The maximum Gasteiger partial charge on any atom is 0.218 e. The number of guanidine groups is 1. The van der Waals surface area contributed by atoms with Gasteiger partial charge < -0.3 is 11.1 Å². The molecule has 1 aromatic rings. The molecule has 0 unspecified atom stereocenters. The minimum atomic E-state index is 0.528. The monoisotopic (exact) mass is 320 g/mol. The normalized spacial score (nSPS) is 15.2. The lowest BCUT2D eigenvalue weighted by molar-refractivity contribution is 0.234. The number of aromatic nitrogens is 1. The van der Waals surface area contributed by atoms with Gasteiger partial charge in [-0.3, -0.25) is 10.2 Å². The summed E-state index contributed by atoms with van der Waals surface area (Å²) in [6.07, 6.45) is 11.5. The van der Waals surface area contributed by atoms with E-state index >= 15 is 0 Å². The van der Waals surface area contributed by atoms with Crippen LogP contribution in [0.15, 0.2) is 23.3 Å². The highest BCUT2D eigenvalue weighted by Crippen LogP contribution is 2.22. The molecule has 0 bridgehead atoms. The highest BCUT2D eigenvalue weighted by molar-refractivity contribution is 5.99. The van der Waals surface area contributed by atoms with Gasteiger partial charge in [0.05, 0.1) is 0 Å². The van der Waals surface area contributed by atoms with Gasteiger partial charge in [0.1, 0.15) is 5.69 Å². The van der Waals surface area contributed by atoms with E-state index < -0.39 is 0 Å². The van der Waals surface area contributed by atoms with Gasteiger partial charge in [0.25, 0.3) is 0 Å². The summed E-state index contributed by atoms with van der Waals surface area (Å²) in [6.45, 7) is 1.55. The van der Waals surface area contributed by atoms with Crippen LogP contribution in [0.25, 0.3) is 0 Å². The summed E-state index contributed by atoms with van der Waals surface area (Å²) in [5.41, 5.74) is 8.84. The lowest BCUT2D eigenvalue weighted by Crippen LogP contribution is -2.48. The molecule has 0 saturated heterocycles. The van der Waals surface area contributed by atoms with Crippen molar-refractivity contribution in [1.29, 1.82) is 0 Å². The predicted octanol–water partition coefficient (Wildman–Crippen LogP) is 2.64. The van der Waals surface area contributed by atoms with E-state index in [9.17, 15) is 5.21 Å². The first kappa shape index (κ1) is 17.5. The van der Waals surface area contributed by atoms with E-state index in [2.05, 4.69) is 20.7 Å². The van der Waals surface area contributed by atoms with Crippen molar-refractivity contribution in [3.05, 3.63) is 18.3 Å². The molecule has 23 heavy (non-hydrogen) atoms. The van der Waals surface area contributed by atoms with Crippen LogP contribution >= 0.6 is 0 Å². The molecular formula is C16H28N6O. The maximum atomic E-state index is 9.85. The van der Waals surface area contributed by atoms with E-state index in [-0.39, 0.29) is 0 Å². The molecule has 5 N–H and O–H groups in total. The number of fused-ring (bicyclic) bond motifs is 1. The quantitative estimate of drug-likeness (QED) is 0.495. The SMILES string of the molecule is NCCCCCCCCCCN=C1Nc2ncccc2N(O)N1. The van der Waals surface area contributed by atoms with Crippen molar-refractivity contribution in [3.63, 3.8) is 0 Å². The Morgan fingerprint density at radius 2 is 1.78 bits per heavy atom. The van der Waals surface area contributed by atoms with Gasteiger partial charge in [0.2, 0.25) is 5.96 Å². The van der Waals surface area contributed by atoms with E-state index in [4.69, 9.17) is 5.73 Å². The molecule has 2 rings (SSSR count). The first-order chi connectivity index (χ1) is 11.3. The Labute approximate surface area is 137 Å². The molecule has 1 aromatic heterocycles. The number of nitrogens with one attached hydrogen (secondary N) is 2. The van der Waals surface area contributed by atoms with Gasteiger partial charge in [-0.05, 0) is 31.5 Å². The van der Waals surface area contributed by atoms with E-state index in [0.717, 1.165) is 31.1 Å². The molecule has 0 atom stereocenters. The fourth-order valence-electron chi connectivity index (χ4n) is 2.55. The Kier molecular flexibility index (Phi) is 7.62. The number of anilines is 2. The minimum absolute atomic E-state index is 0.528. The van der Waals surface area contributed by atoms with Gasteiger partial charge in [-0.1, -0.05) is 38.5 Å². The van der Waals surface area contributed by atoms with Crippen molar-refractivity contribution in [2.45, 2.75) is 51.4 Å². The zero-order chi connectivity index (χ0) is 16.3. The fourth-order valence-corrected chi connectivity index (χ4v) is 2.55. The summed E-state index contributed by atoms with van der Waals surface area (Å²) >= 11 is 0. The van der Waals surface area contributed by atoms with Crippen molar-refractivity contribution in [2.75, 3.05) is 23.6 Å². The van der Waals surface area contributed by atoms with Crippen LogP contribution in [0.2, 0.25) is 0 Å². The number of pyridine rings is 1. The van der Waals surface area contributed by atoms with Crippen molar-refractivity contribution in [3.8, 4) is 0 Å². The average Bonchev–Trinajstić information content (AvgIpc) is 2.57. The summed E-state index contributed by atoms with van der Waals surface area (Å²) in [4.78, 5) is 8.61. The minimum Gasteiger partial charge on any atom is -0.330 e. The molecule has 0 fully saturated rings. The summed E-state index contributed by atoms with van der Waals surface area (Å²) in [5.74, 6) is 1.13. The standard InChI is InChI=1S/C16H28N6O/c17-11-7-5-3-1-2-4-6-8-12-19-16-20-15-14(22(23)21-16)10-9-13-18-15/h9-10,13,23H,1-8,11-12,17H2,(H2,18,19,20,21). The fraction of sp³-hybridized carbons (Fsp3) is 0.625. The molecule has 1 aliphatic heterocycles. The second kappa shape index (κ2) is 10.0. The third-order valence-electron chi connectivity index (χ3n) is 3.85. The number of hydrogen-bond acceptors (Lipinski definition) is 5. The van der Waals surface area contributed by atoms with Crippen LogP contribution in [0.3, 0.4) is 0 Å². The third kappa shape index (κ3) is 6.03. The Hall–Kier alpha value is -1.86. The van der Waals surface area contributed by atoms with E-state index in [0.29, 0.717) is 17.5 Å². The molecular weight excluding hydrogens is 292 g/mol. The van der Waals surface area contributed by atoms with Crippen LogP contribution in [0.1, 0.15) is 51.4 Å². The van der Waals surface area contributed by atoms with Crippen molar-refractivity contribution in [2.24, 2.45) is 10.7 Å². The Bertz CT molecular complexity index is 493. The molecule has 7 heteroatoms. The number of unbranched alkanes of at least 4 members (excludes halogenated alkanes) is 7. The van der Waals surface area contributed by atoms with E-state index in [1.54, 1.807) is 18.3 Å². The largest absolute Gasteiger partial charge is 0.330 e. The van der Waals surface area contributed by atoms with Crippen molar-refractivity contribution in [1.82, 2.24) is 10.4 Å². The molecule has 0 radical (unpaired) electrons. The van der Waals surface area contributed by atoms with Crippen LogP contribution in [0.5, 0.6) is 0 Å². The smallest absolute Gasteiger partial charge is 0.218 e. The van der Waals surface area contributed by atoms with Crippen molar-refractivity contribution < 1.29 is 5.21 Å². The molecule has 128 valence electrons. The van der Waals surface area contributed by atoms with Crippen LogP contribution in [-0.2, 0) is 0 Å². The molecule has 0 saturated carbocycles. The Morgan fingerprint density at radius 1 is 1.09 bits per heavy atom. The number of hydrazine groups is 1. The first-order valence-corrected chi connectivity index (χ1v) is 8.53. The number of aliphatic imine (C=N–C) groups is 1. The second-order valence-electron chi connectivity index (χ2n) is 5.77. The zero-order valence-electron chi connectivity index (χ0n) is 13.7. The topological polar surface area (TPSA) is 98.8 Å². The first-order valence-electron chi connectivity index (χ1n) is 8.53. The van der Waals surface area contributed by atoms with Crippen molar-refractivity contribution >= 4 is 17.5 Å². The predicted molar refractivity (Wildman–Crippen MR) is 93.6 cm³/mol. The number of nitrogens with zero attached hydrogens (tertiary/aromatic N) is 3. The van der Waals surface area contributed by atoms with Crippen LogP contribution in [0, 0.1) is 0 Å². The van der Waals surface area contributed by atoms with Gasteiger partial charge in [-0.2, -0.15) is 5.17 Å². The maximum absolute atomic E-state index is 9.85. The molecule has 0 spiro atoms. The second-order valence-corrected chi connectivity index (χ2v) is 5.77. The summed E-state index contributed by atoms with van der Waals surface area (Å²) in [7, 11) is 0. The van der Waals surface area contributed by atoms with Gasteiger partial charge in [-0.15, -0.1) is 0 Å². The molecule has 0 aromatic carbocycles. The highest BCUT2D eigenvalue weighted by Gasteiger charge is 2.18. The molecule has 1 aliphatic rings. The highest BCUT2D eigenvalue weighted by atomic mass is 16.5. The van der Waals surface area contributed by atoms with Gasteiger partial charge >= 0.3 is 0 Å². The van der Waals surface area contributed by atoms with Gasteiger partial charge in [0.15, 0.2) is 5.82 Å². The molecule has 7 nitrogen and oxygen atoms in total. The Morgan fingerprint density at radius 3 is 2.52 bits per heavy atom. The van der Waals surface area contributed by atoms with E-state index in [1.807, 2.05) is 0 Å². The van der Waals surface area contributed by atoms with Crippen LogP contribution in [-0.4, -0.2) is 29.2 Å². The third-order valence-corrected chi connectivity index (χ3v) is 3.85. The van der Waals surface area contributed by atoms with Crippen LogP contribution < -0.4 is 21.6 Å². The number of nitrogens with two attached hydrogens (primary N) is 1.